The molecule has 0 spiro atoms. The molecule has 1 saturated heterocycles. The predicted octanol–water partition coefficient (Wildman–Crippen LogP) is 3.17. The zero-order chi connectivity index (χ0) is 22.6. The van der Waals surface area contributed by atoms with Gasteiger partial charge in [-0.05, 0) is 54.2 Å². The number of piperidine rings is 1. The maximum atomic E-state index is 12.9. The summed E-state index contributed by atoms with van der Waals surface area (Å²) in [5.74, 6) is 0.382. The second-order valence-electron chi connectivity index (χ2n) is 7.87. The van der Waals surface area contributed by atoms with Crippen LogP contribution in [0.4, 0.5) is 0 Å². The van der Waals surface area contributed by atoms with Crippen LogP contribution in [0.3, 0.4) is 0 Å². The van der Waals surface area contributed by atoms with E-state index >= 15 is 0 Å². The highest BCUT2D eigenvalue weighted by atomic mass is 32.2. The van der Waals surface area contributed by atoms with Gasteiger partial charge in [-0.1, -0.05) is 26.0 Å². The fraction of sp³-hybridized carbons (Fsp3) is 0.364. The molecule has 0 bridgehead atoms. The van der Waals surface area contributed by atoms with Gasteiger partial charge in [0.25, 0.3) is 6.47 Å². The van der Waals surface area contributed by atoms with Crippen molar-refractivity contribution in [1.82, 2.24) is 14.3 Å². The van der Waals surface area contributed by atoms with Crippen molar-refractivity contribution in [2.24, 2.45) is 5.73 Å². The number of nitrogens with two attached hydrogens (primary N) is 1. The minimum Gasteiger partial charge on any atom is -0.483 e. The molecule has 1 fully saturated rings. The molecule has 0 radical (unpaired) electrons. The Hall–Kier alpha value is -2.75. The zero-order valence-corrected chi connectivity index (χ0v) is 18.5. The van der Waals surface area contributed by atoms with E-state index in [-0.39, 0.29) is 12.5 Å². The number of hydrogen-bond acceptors (Lipinski definition) is 5. The number of H-pyrrole nitrogens is 1. The SMILES string of the molecule is CC(C)c1cc2c(-c3ccc(S(=O)(=O)N4CCC(N)CC4)cc3)ccnc2[nH]1.O=CO. The van der Waals surface area contributed by atoms with E-state index in [1.54, 1.807) is 18.3 Å². The van der Waals surface area contributed by atoms with Crippen molar-refractivity contribution < 1.29 is 18.3 Å². The van der Waals surface area contributed by atoms with Crippen LogP contribution in [0.2, 0.25) is 0 Å². The molecule has 166 valence electrons. The Morgan fingerprint density at radius 2 is 1.81 bits per heavy atom. The minimum absolute atomic E-state index is 0.0972. The summed E-state index contributed by atoms with van der Waals surface area (Å²) in [5.41, 5.74) is 9.90. The number of carboxylic acid groups (broad SMARTS) is 1. The number of nitrogens with one attached hydrogen (secondary N) is 1. The second-order valence-corrected chi connectivity index (χ2v) is 9.81. The first kappa shape index (κ1) is 22.9. The monoisotopic (exact) mass is 444 g/mol. The van der Waals surface area contributed by atoms with Crippen LogP contribution in [-0.4, -0.2) is 53.4 Å². The van der Waals surface area contributed by atoms with Crippen LogP contribution < -0.4 is 5.73 Å². The molecule has 0 unspecified atom stereocenters. The molecule has 2 aromatic heterocycles. The number of carbonyl (C=O) groups is 1. The minimum atomic E-state index is -3.47. The van der Waals surface area contributed by atoms with E-state index in [9.17, 15) is 8.42 Å². The molecule has 4 N–H and O–H groups in total. The van der Waals surface area contributed by atoms with E-state index in [1.165, 1.54) is 4.31 Å². The summed E-state index contributed by atoms with van der Waals surface area (Å²) < 4.78 is 27.3. The first-order valence-corrected chi connectivity index (χ1v) is 11.6. The Labute approximate surface area is 182 Å². The van der Waals surface area contributed by atoms with Gasteiger partial charge in [-0.2, -0.15) is 4.31 Å². The van der Waals surface area contributed by atoms with Crippen molar-refractivity contribution in [3.05, 3.63) is 48.3 Å². The third-order valence-corrected chi connectivity index (χ3v) is 7.39. The van der Waals surface area contributed by atoms with Crippen LogP contribution in [0.25, 0.3) is 22.2 Å². The van der Waals surface area contributed by atoms with Crippen molar-refractivity contribution >= 4 is 27.5 Å². The highest BCUT2D eigenvalue weighted by Gasteiger charge is 2.28. The summed E-state index contributed by atoms with van der Waals surface area (Å²) in [6, 6.07) is 11.3. The van der Waals surface area contributed by atoms with E-state index in [2.05, 4.69) is 29.9 Å². The van der Waals surface area contributed by atoms with Crippen LogP contribution in [0.15, 0.2) is 47.5 Å². The van der Waals surface area contributed by atoms with E-state index in [4.69, 9.17) is 15.6 Å². The number of pyridine rings is 1. The first-order valence-electron chi connectivity index (χ1n) is 10.2. The number of hydrogen-bond donors (Lipinski definition) is 3. The smallest absolute Gasteiger partial charge is 0.290 e. The second kappa shape index (κ2) is 9.59. The topological polar surface area (TPSA) is 129 Å². The number of rotatable bonds is 4. The molecule has 0 aliphatic carbocycles. The largest absolute Gasteiger partial charge is 0.483 e. The molecule has 1 aromatic carbocycles. The molecule has 31 heavy (non-hydrogen) atoms. The van der Waals surface area contributed by atoms with Gasteiger partial charge in [-0.3, -0.25) is 4.79 Å². The number of fused-ring (bicyclic) bond motifs is 1. The Morgan fingerprint density at radius 1 is 1.19 bits per heavy atom. The lowest BCUT2D eigenvalue weighted by Gasteiger charge is -2.29. The van der Waals surface area contributed by atoms with E-state index in [0.29, 0.717) is 36.7 Å². The molecule has 3 heterocycles. The Balaban J connectivity index is 0.000000858. The molecular formula is C22H28N4O4S. The van der Waals surface area contributed by atoms with Gasteiger partial charge in [-0.15, -0.1) is 0 Å². The molecule has 0 atom stereocenters. The molecule has 1 aliphatic heterocycles. The van der Waals surface area contributed by atoms with Crippen molar-refractivity contribution in [3.8, 4) is 11.1 Å². The fourth-order valence-corrected chi connectivity index (χ4v) is 5.15. The first-order chi connectivity index (χ1) is 14.8. The summed E-state index contributed by atoms with van der Waals surface area (Å²) in [7, 11) is -3.47. The van der Waals surface area contributed by atoms with Gasteiger partial charge in [0.1, 0.15) is 5.65 Å². The van der Waals surface area contributed by atoms with Crippen molar-refractivity contribution in [2.75, 3.05) is 13.1 Å². The number of nitrogens with zero attached hydrogens (tertiary/aromatic N) is 2. The average Bonchev–Trinajstić information content (AvgIpc) is 3.20. The maximum absolute atomic E-state index is 12.9. The molecular weight excluding hydrogens is 416 g/mol. The summed E-state index contributed by atoms with van der Waals surface area (Å²) in [4.78, 5) is 16.5. The summed E-state index contributed by atoms with van der Waals surface area (Å²) >= 11 is 0. The van der Waals surface area contributed by atoms with Crippen molar-refractivity contribution in [3.63, 3.8) is 0 Å². The summed E-state index contributed by atoms with van der Waals surface area (Å²) in [6.45, 7) is 4.99. The van der Waals surface area contributed by atoms with Gasteiger partial charge in [0.15, 0.2) is 0 Å². The normalized spacial score (nSPS) is 15.6. The number of sulfonamides is 1. The standard InChI is InChI=1S/C21H26N4O2S.CH2O2/c1-14(2)20-13-19-18(7-10-23-21(19)24-20)15-3-5-17(6-4-15)28(26,27)25-11-8-16(22)9-12-25;2-1-3/h3-7,10,13-14,16H,8-9,11-12,22H2,1-2H3,(H,23,24);1H,(H,2,3). The van der Waals surface area contributed by atoms with Crippen LogP contribution in [0.1, 0.15) is 38.3 Å². The fourth-order valence-electron chi connectivity index (χ4n) is 3.68. The highest BCUT2D eigenvalue weighted by molar-refractivity contribution is 7.89. The third-order valence-electron chi connectivity index (χ3n) is 5.48. The van der Waals surface area contributed by atoms with Gasteiger partial charge in [-0.25, -0.2) is 13.4 Å². The molecule has 0 amide bonds. The third kappa shape index (κ3) is 4.95. The van der Waals surface area contributed by atoms with Gasteiger partial charge in [0.2, 0.25) is 10.0 Å². The molecule has 9 heteroatoms. The molecule has 3 aromatic rings. The molecule has 4 rings (SSSR count). The Kier molecular flexibility index (Phi) is 7.09. The maximum Gasteiger partial charge on any atom is 0.290 e. The molecule has 1 aliphatic rings. The van der Waals surface area contributed by atoms with Crippen LogP contribution in [0, 0.1) is 0 Å². The van der Waals surface area contributed by atoms with Crippen LogP contribution in [0.5, 0.6) is 0 Å². The number of aromatic nitrogens is 2. The number of benzene rings is 1. The predicted molar refractivity (Wildman–Crippen MR) is 120 cm³/mol. The van der Waals surface area contributed by atoms with Crippen molar-refractivity contribution in [1.29, 1.82) is 0 Å². The van der Waals surface area contributed by atoms with E-state index in [0.717, 1.165) is 27.9 Å². The van der Waals surface area contributed by atoms with Gasteiger partial charge in [0, 0.05) is 36.4 Å². The lowest BCUT2D eigenvalue weighted by atomic mass is 10.0. The van der Waals surface area contributed by atoms with Gasteiger partial charge >= 0.3 is 0 Å². The summed E-state index contributed by atoms with van der Waals surface area (Å²) in [6.07, 6.45) is 3.19. The Morgan fingerprint density at radius 3 is 2.39 bits per heavy atom. The summed E-state index contributed by atoms with van der Waals surface area (Å²) in [5, 5.41) is 7.94. The molecule has 8 nitrogen and oxygen atoms in total. The quantitative estimate of drug-likeness (QED) is 0.530. The average molecular weight is 445 g/mol. The van der Waals surface area contributed by atoms with Crippen LogP contribution >= 0.6 is 0 Å². The lowest BCUT2D eigenvalue weighted by molar-refractivity contribution is -0.122. The molecule has 0 saturated carbocycles. The lowest BCUT2D eigenvalue weighted by Crippen LogP contribution is -2.42. The van der Waals surface area contributed by atoms with Gasteiger partial charge in [0.05, 0.1) is 4.90 Å². The van der Waals surface area contributed by atoms with E-state index in [1.807, 2.05) is 18.2 Å². The highest BCUT2D eigenvalue weighted by Crippen LogP contribution is 2.31. The van der Waals surface area contributed by atoms with Crippen LogP contribution in [-0.2, 0) is 14.8 Å². The van der Waals surface area contributed by atoms with E-state index < -0.39 is 10.0 Å². The van der Waals surface area contributed by atoms with Gasteiger partial charge < -0.3 is 15.8 Å². The Bertz CT molecular complexity index is 1130. The number of aromatic amines is 1. The zero-order valence-electron chi connectivity index (χ0n) is 17.7. The van der Waals surface area contributed by atoms with Crippen molar-refractivity contribution in [2.45, 2.75) is 43.5 Å².